The molecule has 6 nitrogen and oxygen atoms in total. The second-order valence-corrected chi connectivity index (χ2v) is 6.58. The molecule has 8 heteroatoms. The Balaban J connectivity index is 1.83. The topological polar surface area (TPSA) is 93.5 Å². The molecule has 2 aromatic carbocycles. The predicted octanol–water partition coefficient (Wildman–Crippen LogP) is 4.25. The van der Waals surface area contributed by atoms with Gasteiger partial charge < -0.3 is 15.2 Å². The van der Waals surface area contributed by atoms with Crippen LogP contribution in [-0.2, 0) is 0 Å². The van der Waals surface area contributed by atoms with E-state index in [0.29, 0.717) is 16.0 Å². The van der Waals surface area contributed by atoms with Crippen molar-refractivity contribution in [1.82, 2.24) is 9.97 Å². The molecular weight excluding hydrogens is 428 g/mol. The number of aryl methyl sites for hydroxylation is 1. The highest BCUT2D eigenvalue weighted by Gasteiger charge is 2.12. The van der Waals surface area contributed by atoms with E-state index in [0.717, 1.165) is 16.6 Å². The third-order valence-corrected chi connectivity index (χ3v) is 4.56. The quantitative estimate of drug-likeness (QED) is 0.362. The number of aromatic hydroxyl groups is 2. The Morgan fingerprint density at radius 2 is 2.00 bits per heavy atom. The van der Waals surface area contributed by atoms with Crippen molar-refractivity contribution in [2.45, 2.75) is 6.92 Å². The molecule has 0 aliphatic rings. The van der Waals surface area contributed by atoms with Crippen molar-refractivity contribution in [1.29, 1.82) is 0 Å². The molecule has 0 spiro atoms. The zero-order valence-electron chi connectivity index (χ0n) is 11.9. The molecule has 0 unspecified atom stereocenters. The first-order valence-corrected chi connectivity index (χ1v) is 8.19. The Kier molecular flexibility index (Phi) is 4.27. The van der Waals surface area contributed by atoms with E-state index < -0.39 is 0 Å². The fourth-order valence-corrected chi connectivity index (χ4v) is 3.21. The number of halogens is 2. The van der Waals surface area contributed by atoms with E-state index in [2.05, 4.69) is 52.4 Å². The molecule has 1 heterocycles. The van der Waals surface area contributed by atoms with Gasteiger partial charge in [-0.1, -0.05) is 6.07 Å². The molecule has 23 heavy (non-hydrogen) atoms. The van der Waals surface area contributed by atoms with Gasteiger partial charge in [-0.3, -0.25) is 0 Å². The monoisotopic (exact) mass is 438 g/mol. The Morgan fingerprint density at radius 3 is 2.78 bits per heavy atom. The van der Waals surface area contributed by atoms with Crippen molar-refractivity contribution < 1.29 is 10.2 Å². The maximum absolute atomic E-state index is 9.97. The van der Waals surface area contributed by atoms with E-state index in [1.807, 2.05) is 25.1 Å². The molecule has 0 atom stereocenters. The highest BCUT2D eigenvalue weighted by Crippen LogP contribution is 2.40. The number of H-pyrrole nitrogens is 1. The summed E-state index contributed by atoms with van der Waals surface area (Å²) < 4.78 is 0.648. The number of imidazole rings is 1. The van der Waals surface area contributed by atoms with Crippen LogP contribution in [0.4, 0.5) is 5.95 Å². The van der Waals surface area contributed by atoms with Crippen LogP contribution in [0.1, 0.15) is 11.1 Å². The number of hydrogen-bond acceptors (Lipinski definition) is 5. The van der Waals surface area contributed by atoms with E-state index in [9.17, 15) is 10.2 Å². The number of anilines is 1. The summed E-state index contributed by atoms with van der Waals surface area (Å²) in [4.78, 5) is 7.47. The number of hydrazone groups is 1. The molecule has 1 aromatic heterocycles. The molecule has 0 saturated heterocycles. The first-order valence-electron chi connectivity index (χ1n) is 6.61. The van der Waals surface area contributed by atoms with E-state index >= 15 is 0 Å². The lowest BCUT2D eigenvalue weighted by molar-refractivity contribution is 0.442. The van der Waals surface area contributed by atoms with Crippen molar-refractivity contribution in [3.05, 3.63) is 44.3 Å². The normalized spacial score (nSPS) is 11.4. The Morgan fingerprint density at radius 1 is 1.22 bits per heavy atom. The summed E-state index contributed by atoms with van der Waals surface area (Å²) in [5.74, 6) is 0.329. The number of aromatic nitrogens is 2. The summed E-state index contributed by atoms with van der Waals surface area (Å²) in [6.07, 6.45) is 1.43. The summed E-state index contributed by atoms with van der Waals surface area (Å²) in [6.45, 7) is 2.01. The van der Waals surface area contributed by atoms with E-state index in [1.54, 1.807) is 6.07 Å². The summed E-state index contributed by atoms with van der Waals surface area (Å²) >= 11 is 6.32. The largest absolute Gasteiger partial charge is 0.506 e. The van der Waals surface area contributed by atoms with Crippen LogP contribution in [0, 0.1) is 6.92 Å². The van der Waals surface area contributed by atoms with Crippen molar-refractivity contribution in [3.8, 4) is 11.5 Å². The minimum atomic E-state index is -0.100. The predicted molar refractivity (Wildman–Crippen MR) is 97.2 cm³/mol. The Bertz CT molecular complexity index is 921. The summed E-state index contributed by atoms with van der Waals surface area (Å²) in [5.41, 5.74) is 6.11. The van der Waals surface area contributed by atoms with Gasteiger partial charge >= 0.3 is 0 Å². The lowest BCUT2D eigenvalue weighted by Gasteiger charge is -2.06. The van der Waals surface area contributed by atoms with Gasteiger partial charge in [-0.15, -0.1) is 0 Å². The number of nitrogens with one attached hydrogen (secondary N) is 2. The molecule has 0 saturated carbocycles. The van der Waals surface area contributed by atoms with E-state index in [-0.39, 0.29) is 16.0 Å². The van der Waals surface area contributed by atoms with Crippen LogP contribution < -0.4 is 5.43 Å². The van der Waals surface area contributed by atoms with E-state index in [4.69, 9.17) is 0 Å². The summed E-state index contributed by atoms with van der Waals surface area (Å²) in [6, 6.07) is 7.47. The molecule has 118 valence electrons. The van der Waals surface area contributed by atoms with Gasteiger partial charge in [0, 0.05) is 5.56 Å². The number of rotatable bonds is 3. The van der Waals surface area contributed by atoms with Crippen LogP contribution in [0.2, 0.25) is 0 Å². The Hall–Kier alpha value is -2.06. The molecule has 4 N–H and O–H groups in total. The molecule has 0 aliphatic carbocycles. The smallest absolute Gasteiger partial charge is 0.222 e. The second-order valence-electron chi connectivity index (χ2n) is 4.93. The van der Waals surface area contributed by atoms with Gasteiger partial charge in [-0.25, -0.2) is 10.4 Å². The minimum Gasteiger partial charge on any atom is -0.506 e. The van der Waals surface area contributed by atoms with Gasteiger partial charge in [-0.2, -0.15) is 5.10 Å². The zero-order chi connectivity index (χ0) is 16.6. The van der Waals surface area contributed by atoms with Crippen LogP contribution in [0.15, 0.2) is 38.3 Å². The number of fused-ring (bicyclic) bond motifs is 1. The third-order valence-electron chi connectivity index (χ3n) is 3.21. The summed E-state index contributed by atoms with van der Waals surface area (Å²) in [7, 11) is 0. The van der Waals surface area contributed by atoms with Crippen molar-refractivity contribution in [3.63, 3.8) is 0 Å². The molecule has 3 aromatic rings. The summed E-state index contributed by atoms with van der Waals surface area (Å²) in [5, 5.41) is 23.7. The lowest BCUT2D eigenvalue weighted by Crippen LogP contribution is -1.93. The zero-order valence-corrected chi connectivity index (χ0v) is 15.1. The number of nitrogens with zero attached hydrogens (tertiary/aromatic N) is 2. The molecular formula is C15H12Br2N4O2. The SMILES string of the molecule is Cc1ccc2nc(N/N=C\c3cc(Br)c(O)c(Br)c3O)[nH]c2c1. The van der Waals surface area contributed by atoms with Gasteiger partial charge in [0.15, 0.2) is 0 Å². The minimum absolute atomic E-state index is 0.0692. The fourth-order valence-electron chi connectivity index (χ4n) is 2.05. The molecule has 3 rings (SSSR count). The molecule has 0 fully saturated rings. The second kappa shape index (κ2) is 6.21. The number of phenolic OH excluding ortho intramolecular Hbond substituents is 2. The number of phenols is 2. The van der Waals surface area contributed by atoms with E-state index in [1.165, 1.54) is 6.21 Å². The highest BCUT2D eigenvalue weighted by atomic mass is 79.9. The van der Waals surface area contributed by atoms with Gasteiger partial charge in [0.2, 0.25) is 5.95 Å². The molecule has 0 amide bonds. The Labute approximate surface area is 148 Å². The van der Waals surface area contributed by atoms with Crippen LogP contribution in [-0.4, -0.2) is 26.4 Å². The maximum Gasteiger partial charge on any atom is 0.222 e. The standard InChI is InChI=1S/C15H12Br2N4O2/c1-7-2-3-10-11(4-7)20-15(19-10)21-18-6-8-5-9(16)14(23)12(17)13(8)22/h2-6,22-23H,1H3,(H2,19,20,21)/b18-6-. The van der Waals surface area contributed by atoms with Crippen LogP contribution in [0.5, 0.6) is 11.5 Å². The average molecular weight is 440 g/mol. The van der Waals surface area contributed by atoms with Crippen LogP contribution >= 0.6 is 31.9 Å². The molecule has 0 radical (unpaired) electrons. The number of hydrogen-bond donors (Lipinski definition) is 4. The van der Waals surface area contributed by atoms with Gasteiger partial charge in [0.25, 0.3) is 0 Å². The highest BCUT2D eigenvalue weighted by molar-refractivity contribution is 9.11. The average Bonchev–Trinajstić information content (AvgIpc) is 2.92. The van der Waals surface area contributed by atoms with Crippen molar-refractivity contribution in [2.24, 2.45) is 5.10 Å². The first kappa shape index (κ1) is 15.8. The number of aromatic amines is 1. The van der Waals surface area contributed by atoms with Crippen LogP contribution in [0.3, 0.4) is 0 Å². The lowest BCUT2D eigenvalue weighted by atomic mass is 10.2. The fraction of sp³-hybridized carbons (Fsp3) is 0.0667. The maximum atomic E-state index is 9.97. The van der Waals surface area contributed by atoms with Gasteiger partial charge in [0.1, 0.15) is 16.0 Å². The third kappa shape index (κ3) is 3.18. The van der Waals surface area contributed by atoms with Gasteiger partial charge in [0.05, 0.1) is 21.7 Å². The first-order chi connectivity index (χ1) is 11.0. The molecule has 0 bridgehead atoms. The number of benzene rings is 2. The van der Waals surface area contributed by atoms with Gasteiger partial charge in [-0.05, 0) is 62.5 Å². The van der Waals surface area contributed by atoms with Crippen LogP contribution in [0.25, 0.3) is 11.0 Å². The van der Waals surface area contributed by atoms with Crippen molar-refractivity contribution >= 4 is 55.1 Å². The van der Waals surface area contributed by atoms with Crippen molar-refractivity contribution in [2.75, 3.05) is 5.43 Å². The molecule has 0 aliphatic heterocycles.